The van der Waals surface area contributed by atoms with Crippen LogP contribution in [0.15, 0.2) is 48.5 Å². The molecule has 5 heterocycles. The van der Waals surface area contributed by atoms with Gasteiger partial charge in [-0.2, -0.15) is 0 Å². The lowest BCUT2D eigenvalue weighted by molar-refractivity contribution is 0.858. The molecule has 3 N–H and O–H groups in total. The number of hydrogen-bond acceptors (Lipinski definition) is 0. The lowest BCUT2D eigenvalue weighted by Crippen LogP contribution is -2.23. The molecule has 25 heavy (non-hydrogen) atoms. The molecule has 4 aromatic heterocycles. The zero-order valence-corrected chi connectivity index (χ0v) is 13.9. The fraction of sp³-hybridized carbons (Fsp3) is 0.0476. The Bertz CT molecular complexity index is 1210. The van der Waals surface area contributed by atoms with Gasteiger partial charge in [0.05, 0.1) is 0 Å². The fourth-order valence-corrected chi connectivity index (χ4v) is 3.28. The molecule has 5 rings (SSSR count). The second-order valence-electron chi connectivity index (χ2n) is 6.43. The maximum Gasteiger partial charge on any atom is 0.0429 e. The lowest BCUT2D eigenvalue weighted by atomic mass is 10.3. The minimum absolute atomic E-state index is 1.08. The molecule has 1 aliphatic heterocycles. The van der Waals surface area contributed by atoms with Crippen LogP contribution in [0.5, 0.6) is 0 Å². The van der Waals surface area contributed by atoms with Crippen LogP contribution in [0.1, 0.15) is 22.8 Å². The summed E-state index contributed by atoms with van der Waals surface area (Å²) in [7, 11) is 2.09. The van der Waals surface area contributed by atoms with Gasteiger partial charge in [0.1, 0.15) is 0 Å². The average Bonchev–Trinajstić information content (AvgIpc) is 3.36. The van der Waals surface area contributed by atoms with Crippen molar-refractivity contribution in [2.75, 3.05) is 0 Å². The van der Waals surface area contributed by atoms with E-state index < -0.39 is 0 Å². The SMILES string of the molecule is Cn1c2ccc1=Cc1ccc([nH]1)C=c1ccc([nH]1)=Cc1ccc([nH]1)C=2. The van der Waals surface area contributed by atoms with Crippen molar-refractivity contribution < 1.29 is 0 Å². The van der Waals surface area contributed by atoms with Crippen LogP contribution in [0.25, 0.3) is 24.3 Å². The van der Waals surface area contributed by atoms with Crippen molar-refractivity contribution in [1.29, 1.82) is 0 Å². The van der Waals surface area contributed by atoms with Crippen LogP contribution in [0.4, 0.5) is 0 Å². The highest BCUT2D eigenvalue weighted by molar-refractivity contribution is 5.55. The van der Waals surface area contributed by atoms with Crippen molar-refractivity contribution in [1.82, 2.24) is 19.5 Å². The van der Waals surface area contributed by atoms with E-state index in [4.69, 9.17) is 0 Å². The van der Waals surface area contributed by atoms with Crippen molar-refractivity contribution in [2.24, 2.45) is 7.05 Å². The predicted octanol–water partition coefficient (Wildman–Crippen LogP) is 0.638. The summed E-state index contributed by atoms with van der Waals surface area (Å²) in [4.78, 5) is 10.3. The van der Waals surface area contributed by atoms with Gasteiger partial charge in [0.25, 0.3) is 0 Å². The van der Waals surface area contributed by atoms with Gasteiger partial charge in [-0.05, 0) is 72.8 Å². The Morgan fingerprint density at radius 3 is 1.44 bits per heavy atom. The molecule has 0 amide bonds. The second-order valence-corrected chi connectivity index (χ2v) is 6.43. The fourth-order valence-electron chi connectivity index (χ4n) is 3.28. The second kappa shape index (κ2) is 5.31. The molecule has 0 radical (unpaired) electrons. The molecule has 0 aromatic carbocycles. The molecule has 1 aliphatic rings. The zero-order valence-electron chi connectivity index (χ0n) is 13.9. The largest absolute Gasteiger partial charge is 0.355 e. The van der Waals surface area contributed by atoms with Crippen LogP contribution in [0.3, 0.4) is 0 Å². The van der Waals surface area contributed by atoms with Crippen molar-refractivity contribution in [2.45, 2.75) is 0 Å². The van der Waals surface area contributed by atoms with Gasteiger partial charge in [-0.15, -0.1) is 0 Å². The summed E-state index contributed by atoms with van der Waals surface area (Å²) in [6.45, 7) is 0. The van der Waals surface area contributed by atoms with Crippen molar-refractivity contribution >= 4 is 24.3 Å². The standard InChI is InChI=1S/C21H18N4/c1-25-20-8-9-21(25)13-19-7-5-17(24-19)11-15-3-2-14(22-15)10-16-4-6-18(12-20)23-16/h2-13,22-24H,1H3. The summed E-state index contributed by atoms with van der Waals surface area (Å²) in [5.74, 6) is 0. The highest BCUT2D eigenvalue weighted by Crippen LogP contribution is 2.04. The van der Waals surface area contributed by atoms with Gasteiger partial charge >= 0.3 is 0 Å². The van der Waals surface area contributed by atoms with Crippen molar-refractivity contribution in [3.05, 3.63) is 92.7 Å². The molecule has 0 atom stereocenters. The molecule has 0 fully saturated rings. The van der Waals surface area contributed by atoms with E-state index in [1.807, 2.05) is 0 Å². The van der Waals surface area contributed by atoms with Gasteiger partial charge in [0, 0.05) is 51.2 Å². The van der Waals surface area contributed by atoms with Crippen molar-refractivity contribution in [3.63, 3.8) is 0 Å². The maximum atomic E-state index is 3.45. The van der Waals surface area contributed by atoms with Crippen LogP contribution in [0.2, 0.25) is 0 Å². The van der Waals surface area contributed by atoms with Gasteiger partial charge in [0.2, 0.25) is 0 Å². The third kappa shape index (κ3) is 2.58. The van der Waals surface area contributed by atoms with Crippen LogP contribution >= 0.6 is 0 Å². The predicted molar refractivity (Wildman–Crippen MR) is 101 cm³/mol. The summed E-state index contributed by atoms with van der Waals surface area (Å²) in [5, 5.41) is 4.47. The molecule has 4 nitrogen and oxygen atoms in total. The Hall–Kier alpha value is -3.40. The summed E-state index contributed by atoms with van der Waals surface area (Å²) in [5.41, 5.74) is 4.34. The number of H-pyrrole nitrogens is 3. The smallest absolute Gasteiger partial charge is 0.0429 e. The van der Waals surface area contributed by atoms with Crippen LogP contribution in [-0.2, 0) is 7.05 Å². The zero-order chi connectivity index (χ0) is 16.8. The van der Waals surface area contributed by atoms with Crippen LogP contribution < -0.4 is 21.4 Å². The molecule has 0 saturated heterocycles. The normalized spacial score (nSPS) is 12.7. The number of rotatable bonds is 0. The molecule has 4 heteroatoms. The number of aromatic amines is 3. The summed E-state index contributed by atoms with van der Waals surface area (Å²) in [6, 6.07) is 16.9. The van der Waals surface area contributed by atoms with Gasteiger partial charge in [-0.25, -0.2) is 0 Å². The topological polar surface area (TPSA) is 52.3 Å². The third-order valence-electron chi connectivity index (χ3n) is 4.62. The number of nitrogens with one attached hydrogen (secondary N) is 3. The van der Waals surface area contributed by atoms with E-state index in [0.717, 1.165) is 44.2 Å². The number of hydrogen-bond donors (Lipinski definition) is 3. The first kappa shape index (κ1) is 14.0. The maximum absolute atomic E-state index is 3.45. The first-order chi connectivity index (χ1) is 12.2. The molecule has 8 bridgehead atoms. The highest BCUT2D eigenvalue weighted by atomic mass is 14.9. The van der Waals surface area contributed by atoms with Gasteiger partial charge in [-0.1, -0.05) is 0 Å². The highest BCUT2D eigenvalue weighted by Gasteiger charge is 1.99. The van der Waals surface area contributed by atoms with E-state index in [2.05, 4.69) is 99.4 Å². The lowest BCUT2D eigenvalue weighted by Gasteiger charge is -1.95. The Morgan fingerprint density at radius 2 is 0.960 bits per heavy atom. The minimum Gasteiger partial charge on any atom is -0.355 e. The van der Waals surface area contributed by atoms with E-state index in [0.29, 0.717) is 0 Å². The van der Waals surface area contributed by atoms with Crippen molar-refractivity contribution in [3.8, 4) is 0 Å². The van der Waals surface area contributed by atoms with Gasteiger partial charge in [0.15, 0.2) is 0 Å². The summed E-state index contributed by atoms with van der Waals surface area (Å²) >= 11 is 0. The number of aromatic nitrogens is 4. The van der Waals surface area contributed by atoms with E-state index in [9.17, 15) is 0 Å². The number of nitrogens with zero attached hydrogens (tertiary/aromatic N) is 1. The molecule has 0 saturated carbocycles. The Kier molecular flexibility index (Phi) is 2.97. The minimum atomic E-state index is 1.08. The van der Waals surface area contributed by atoms with Gasteiger partial charge < -0.3 is 19.5 Å². The average molecular weight is 326 g/mol. The molecular formula is C21H18N4. The Morgan fingerprint density at radius 1 is 0.520 bits per heavy atom. The monoisotopic (exact) mass is 326 g/mol. The van der Waals surface area contributed by atoms with Crippen LogP contribution in [0, 0.1) is 0 Å². The Balaban J connectivity index is 1.82. The quantitative estimate of drug-likeness (QED) is 0.374. The van der Waals surface area contributed by atoms with Crippen LogP contribution in [-0.4, -0.2) is 19.5 Å². The van der Waals surface area contributed by atoms with Gasteiger partial charge in [-0.3, -0.25) is 0 Å². The number of fused-ring (bicyclic) bond motifs is 8. The van der Waals surface area contributed by atoms with E-state index in [-0.39, 0.29) is 0 Å². The molecule has 0 spiro atoms. The van der Waals surface area contributed by atoms with E-state index in [1.165, 1.54) is 0 Å². The molecular weight excluding hydrogens is 308 g/mol. The summed E-state index contributed by atoms with van der Waals surface area (Å²) in [6.07, 6.45) is 8.55. The molecule has 0 unspecified atom stereocenters. The molecule has 122 valence electrons. The first-order valence-corrected chi connectivity index (χ1v) is 8.35. The van der Waals surface area contributed by atoms with E-state index in [1.54, 1.807) is 0 Å². The first-order valence-electron chi connectivity index (χ1n) is 8.35. The Labute approximate surface area is 144 Å². The third-order valence-corrected chi connectivity index (χ3v) is 4.62. The summed E-state index contributed by atoms with van der Waals surface area (Å²) < 4.78 is 2.19. The molecule has 0 aliphatic carbocycles. The molecule has 4 aromatic rings. The van der Waals surface area contributed by atoms with E-state index >= 15 is 0 Å².